The molecule has 0 aromatic carbocycles. The molecule has 0 rings (SSSR count). The molecule has 3 atom stereocenters. The van der Waals surface area contributed by atoms with Crippen molar-refractivity contribution in [3.63, 3.8) is 0 Å². The van der Waals surface area contributed by atoms with Crippen molar-refractivity contribution in [2.24, 2.45) is 5.92 Å². The summed E-state index contributed by atoms with van der Waals surface area (Å²) in [5, 5.41) is 8.98. The Kier molecular flexibility index (Phi) is 11.0. The molecule has 0 saturated carbocycles. The first-order chi connectivity index (χ1) is 7.51. The number of hydrogen-bond acceptors (Lipinski definition) is 2. The zero-order valence-corrected chi connectivity index (χ0v) is 14.6. The van der Waals surface area contributed by atoms with Crippen molar-refractivity contribution in [3.8, 4) is 0 Å². The fourth-order valence-corrected chi connectivity index (χ4v) is 3.34. The molecule has 16 heavy (non-hydrogen) atoms. The number of thiol groups is 1. The zero-order valence-electron chi connectivity index (χ0n) is 9.44. The van der Waals surface area contributed by atoms with Crippen LogP contribution in [-0.2, 0) is 4.18 Å². The molecule has 0 saturated heterocycles. The SMILES string of the molecule is B#[SH](I)O[C@@H](CCO)[C@@H](C)/C=C(C)/C=C\I. The Morgan fingerprint density at radius 2 is 2.25 bits per heavy atom. The summed E-state index contributed by atoms with van der Waals surface area (Å²) in [6.07, 6.45) is 4.81. The van der Waals surface area contributed by atoms with Crippen LogP contribution >= 0.6 is 51.4 Å². The van der Waals surface area contributed by atoms with Gasteiger partial charge in [-0.05, 0) is 0 Å². The maximum absolute atomic E-state index is 8.98. The summed E-state index contributed by atoms with van der Waals surface area (Å²) in [6, 6.07) is 0. The second kappa shape index (κ2) is 10.2. The summed E-state index contributed by atoms with van der Waals surface area (Å²) in [6.45, 7) is 9.93. The van der Waals surface area contributed by atoms with Gasteiger partial charge in [0.15, 0.2) is 0 Å². The first-order valence-electron chi connectivity index (χ1n) is 4.94. The molecule has 0 spiro atoms. The van der Waals surface area contributed by atoms with Crippen LogP contribution in [0.5, 0.6) is 0 Å². The van der Waals surface area contributed by atoms with Gasteiger partial charge in [-0.25, -0.2) is 0 Å². The van der Waals surface area contributed by atoms with Gasteiger partial charge in [-0.15, -0.1) is 0 Å². The van der Waals surface area contributed by atoms with E-state index in [4.69, 9.17) is 15.8 Å². The molecule has 0 aromatic rings. The van der Waals surface area contributed by atoms with E-state index in [1.54, 1.807) is 0 Å². The van der Waals surface area contributed by atoms with Crippen LogP contribution < -0.4 is 0 Å². The fourth-order valence-electron chi connectivity index (χ4n) is 1.35. The molecular formula is C10H17BI2O2S. The Labute approximate surface area is 127 Å². The molecule has 0 aliphatic rings. The molecule has 0 fully saturated rings. The minimum atomic E-state index is -0.907. The Hall–Kier alpha value is 1.27. The molecule has 1 unspecified atom stereocenters. The molecule has 0 aliphatic heterocycles. The van der Waals surface area contributed by atoms with Crippen molar-refractivity contribution in [1.29, 1.82) is 0 Å². The van der Waals surface area contributed by atoms with E-state index < -0.39 is 7.58 Å². The van der Waals surface area contributed by atoms with E-state index in [0.717, 1.165) is 0 Å². The van der Waals surface area contributed by atoms with E-state index >= 15 is 0 Å². The first-order valence-corrected chi connectivity index (χ1v) is 10.3. The van der Waals surface area contributed by atoms with Gasteiger partial charge < -0.3 is 0 Å². The Morgan fingerprint density at radius 3 is 2.69 bits per heavy atom. The van der Waals surface area contributed by atoms with Crippen molar-refractivity contribution in [2.45, 2.75) is 26.4 Å². The van der Waals surface area contributed by atoms with Crippen LogP contribution in [0, 0.1) is 5.92 Å². The topological polar surface area (TPSA) is 29.5 Å². The van der Waals surface area contributed by atoms with Crippen LogP contribution in [0.1, 0.15) is 20.3 Å². The van der Waals surface area contributed by atoms with Gasteiger partial charge in [0, 0.05) is 0 Å². The number of hydrogen-bond donors (Lipinski definition) is 2. The number of aliphatic hydroxyl groups is 1. The number of rotatable bonds is 6. The molecule has 1 N–H and O–H groups in total. The predicted molar refractivity (Wildman–Crippen MR) is 91.4 cm³/mol. The average molecular weight is 466 g/mol. The molecule has 0 aromatic heterocycles. The molecule has 0 radical (unpaired) electrons. The van der Waals surface area contributed by atoms with E-state index in [-0.39, 0.29) is 18.6 Å². The Balaban J connectivity index is 4.55. The molecule has 0 aliphatic carbocycles. The van der Waals surface area contributed by atoms with Crippen LogP contribution in [0.25, 0.3) is 0 Å². The van der Waals surface area contributed by atoms with Gasteiger partial charge in [0.2, 0.25) is 0 Å². The van der Waals surface area contributed by atoms with E-state index in [1.807, 2.05) is 10.2 Å². The zero-order chi connectivity index (χ0) is 12.6. The summed E-state index contributed by atoms with van der Waals surface area (Å²) in [5.74, 6) is 0.253. The third-order valence-corrected chi connectivity index (χ3v) is 3.60. The Morgan fingerprint density at radius 1 is 1.62 bits per heavy atom. The molecule has 0 amide bonds. The van der Waals surface area contributed by atoms with E-state index in [9.17, 15) is 0 Å². The third-order valence-electron chi connectivity index (χ3n) is 2.09. The second-order valence-electron chi connectivity index (χ2n) is 3.49. The van der Waals surface area contributed by atoms with Crippen LogP contribution in [0.4, 0.5) is 0 Å². The van der Waals surface area contributed by atoms with E-state index in [2.05, 4.69) is 63.7 Å². The molecule has 6 heteroatoms. The van der Waals surface area contributed by atoms with Gasteiger partial charge in [-0.3, -0.25) is 0 Å². The average Bonchev–Trinajstić information content (AvgIpc) is 2.16. The van der Waals surface area contributed by atoms with Crippen molar-refractivity contribution in [2.75, 3.05) is 6.61 Å². The normalized spacial score (nSPS) is 18.8. The van der Waals surface area contributed by atoms with Crippen LogP contribution in [0.3, 0.4) is 0 Å². The summed E-state index contributed by atoms with van der Waals surface area (Å²) in [7, 11) is -0.907. The van der Waals surface area contributed by atoms with Crippen LogP contribution in [0.2, 0.25) is 0 Å². The molecule has 0 heterocycles. The molecule has 0 bridgehead atoms. The number of allylic oxidation sites excluding steroid dienone is 2. The number of halogens is 2. The molecular weight excluding hydrogens is 449 g/mol. The molecule has 92 valence electrons. The third kappa shape index (κ3) is 8.38. The number of aliphatic hydroxyl groups excluding tert-OH is 1. The maximum atomic E-state index is 8.98. The van der Waals surface area contributed by atoms with E-state index in [1.165, 1.54) is 5.57 Å². The summed E-state index contributed by atoms with van der Waals surface area (Å²) in [4.78, 5) is 0. The first kappa shape index (κ1) is 17.3. The van der Waals surface area contributed by atoms with Crippen LogP contribution in [-0.4, -0.2) is 24.3 Å². The van der Waals surface area contributed by atoms with Crippen molar-refractivity contribution < 1.29 is 9.29 Å². The van der Waals surface area contributed by atoms with Gasteiger partial charge in [-0.1, -0.05) is 0 Å². The summed E-state index contributed by atoms with van der Waals surface area (Å²) >= 11 is 4.28. The van der Waals surface area contributed by atoms with Gasteiger partial charge in [-0.2, -0.15) is 0 Å². The predicted octanol–water partition coefficient (Wildman–Crippen LogP) is 3.63. The van der Waals surface area contributed by atoms with Gasteiger partial charge in [0.1, 0.15) is 0 Å². The minimum absolute atomic E-state index is 0.00410. The van der Waals surface area contributed by atoms with E-state index in [0.29, 0.717) is 6.42 Å². The standard InChI is InChI=1S/C10H17BI2O2S/c1-8(3-5-12)7-9(2)10(4-6-14)15-16(11)13/h3,5,7,9-10,14,16H,4,6H2,1-2H3/b5-3-,8-7+/t9-,10-/m0/s1. The van der Waals surface area contributed by atoms with Crippen molar-refractivity contribution in [3.05, 3.63) is 21.8 Å². The summed E-state index contributed by atoms with van der Waals surface area (Å²) < 4.78 is 7.61. The van der Waals surface area contributed by atoms with Gasteiger partial charge in [0.05, 0.1) is 0 Å². The second-order valence-corrected chi connectivity index (χ2v) is 7.82. The van der Waals surface area contributed by atoms with Crippen molar-refractivity contribution in [1.82, 2.24) is 0 Å². The van der Waals surface area contributed by atoms with Crippen molar-refractivity contribution >= 4 is 57.9 Å². The molecule has 2 nitrogen and oxygen atoms in total. The Bertz CT molecular complexity index is 323. The summed E-state index contributed by atoms with van der Waals surface area (Å²) in [5.41, 5.74) is 1.20. The van der Waals surface area contributed by atoms with Gasteiger partial charge in [0.25, 0.3) is 0 Å². The quantitative estimate of drug-likeness (QED) is 0.271. The monoisotopic (exact) mass is 466 g/mol. The fraction of sp³-hybridized carbons (Fsp3) is 0.600. The van der Waals surface area contributed by atoms with Gasteiger partial charge >= 0.3 is 128 Å². The van der Waals surface area contributed by atoms with Crippen LogP contribution in [0.15, 0.2) is 21.8 Å².